The summed E-state index contributed by atoms with van der Waals surface area (Å²) in [5.41, 5.74) is 6.07. The Labute approximate surface area is 121 Å². The second-order valence-corrected chi connectivity index (χ2v) is 6.73. The third-order valence-corrected chi connectivity index (χ3v) is 5.20. The summed E-state index contributed by atoms with van der Waals surface area (Å²) < 4.78 is 14.5. The molecule has 1 aromatic carbocycles. The predicted molar refractivity (Wildman–Crippen MR) is 80.5 cm³/mol. The maximum Gasteiger partial charge on any atom is 0.263 e. The van der Waals surface area contributed by atoms with Gasteiger partial charge in [0, 0.05) is 10.2 Å². The highest BCUT2D eigenvalue weighted by molar-refractivity contribution is 7.21. The average Bonchev–Trinajstić information content (AvgIpc) is 2.95. The number of thiophene rings is 1. The Morgan fingerprint density at radius 1 is 1.40 bits per heavy atom. The number of rotatable bonds is 2. The molecule has 0 saturated heterocycles. The molecule has 106 valence electrons. The molecule has 2 aromatic rings. The van der Waals surface area contributed by atoms with Crippen molar-refractivity contribution in [2.75, 3.05) is 5.73 Å². The Balaban J connectivity index is 1.96. The normalized spacial score (nSPS) is 17.5. The Kier molecular flexibility index (Phi) is 3.17. The van der Waals surface area contributed by atoms with E-state index >= 15 is 0 Å². The molecule has 1 aliphatic carbocycles. The molecule has 1 aromatic heterocycles. The average molecular weight is 292 g/mol. The van der Waals surface area contributed by atoms with Gasteiger partial charge < -0.3 is 11.1 Å². The van der Waals surface area contributed by atoms with Crippen molar-refractivity contribution < 1.29 is 9.18 Å². The third-order valence-electron chi connectivity index (χ3n) is 4.03. The fourth-order valence-electron chi connectivity index (χ4n) is 2.91. The fourth-order valence-corrected chi connectivity index (χ4v) is 3.94. The highest BCUT2D eigenvalue weighted by Gasteiger charge is 2.31. The lowest BCUT2D eigenvalue weighted by Gasteiger charge is -2.24. The van der Waals surface area contributed by atoms with Crippen LogP contribution in [0.15, 0.2) is 18.2 Å². The van der Waals surface area contributed by atoms with Gasteiger partial charge in [0.2, 0.25) is 0 Å². The molecular formula is C15H17FN2OS. The second kappa shape index (κ2) is 4.74. The molecule has 5 heteroatoms. The largest absolute Gasteiger partial charge is 0.397 e. The lowest BCUT2D eigenvalue weighted by Crippen LogP contribution is -2.43. The van der Waals surface area contributed by atoms with Gasteiger partial charge in [-0.25, -0.2) is 4.39 Å². The summed E-state index contributed by atoms with van der Waals surface area (Å²) in [7, 11) is 0. The maximum absolute atomic E-state index is 13.8. The van der Waals surface area contributed by atoms with E-state index in [-0.39, 0.29) is 23.0 Å². The van der Waals surface area contributed by atoms with E-state index in [4.69, 9.17) is 5.73 Å². The van der Waals surface area contributed by atoms with Crippen molar-refractivity contribution in [3.63, 3.8) is 0 Å². The Morgan fingerprint density at radius 2 is 2.10 bits per heavy atom. The van der Waals surface area contributed by atoms with Crippen LogP contribution in [0.3, 0.4) is 0 Å². The molecule has 1 amide bonds. The van der Waals surface area contributed by atoms with Gasteiger partial charge in [-0.1, -0.05) is 18.9 Å². The maximum atomic E-state index is 13.8. The van der Waals surface area contributed by atoms with Crippen LogP contribution in [0.25, 0.3) is 10.1 Å². The Hall–Kier alpha value is -1.62. The zero-order valence-corrected chi connectivity index (χ0v) is 12.1. The van der Waals surface area contributed by atoms with E-state index in [0.29, 0.717) is 15.0 Å². The van der Waals surface area contributed by atoms with Crippen molar-refractivity contribution in [2.24, 2.45) is 0 Å². The minimum absolute atomic E-state index is 0.155. The molecule has 0 aliphatic heterocycles. The Bertz CT molecular complexity index is 674. The monoisotopic (exact) mass is 292 g/mol. The van der Waals surface area contributed by atoms with Crippen LogP contribution in [0.1, 0.15) is 42.3 Å². The van der Waals surface area contributed by atoms with Crippen molar-refractivity contribution in [3.05, 3.63) is 28.9 Å². The SMILES string of the molecule is CC1(NC(=O)c2sc3cccc(F)c3c2N)CCCC1. The molecule has 1 saturated carbocycles. The number of benzene rings is 1. The van der Waals surface area contributed by atoms with Crippen LogP contribution >= 0.6 is 11.3 Å². The molecule has 1 fully saturated rings. The molecule has 0 bridgehead atoms. The summed E-state index contributed by atoms with van der Waals surface area (Å²) in [4.78, 5) is 12.8. The number of nitrogens with two attached hydrogens (primary N) is 1. The lowest BCUT2D eigenvalue weighted by molar-refractivity contribution is 0.0913. The van der Waals surface area contributed by atoms with Crippen LogP contribution < -0.4 is 11.1 Å². The molecule has 3 N–H and O–H groups in total. The van der Waals surface area contributed by atoms with Crippen molar-refractivity contribution in [2.45, 2.75) is 38.1 Å². The van der Waals surface area contributed by atoms with Gasteiger partial charge in [0.1, 0.15) is 10.7 Å². The van der Waals surface area contributed by atoms with Gasteiger partial charge in [-0.15, -0.1) is 11.3 Å². The zero-order chi connectivity index (χ0) is 14.3. The number of hydrogen-bond acceptors (Lipinski definition) is 3. The van der Waals surface area contributed by atoms with Crippen LogP contribution in [-0.2, 0) is 0 Å². The number of amides is 1. The van der Waals surface area contributed by atoms with E-state index < -0.39 is 0 Å². The van der Waals surface area contributed by atoms with E-state index in [1.165, 1.54) is 17.4 Å². The standard InChI is InChI=1S/C15H17FN2OS/c1-15(7-2-3-8-15)18-14(19)13-12(17)11-9(16)5-4-6-10(11)20-13/h4-6H,2-3,7-8,17H2,1H3,(H,18,19). The number of hydrogen-bond donors (Lipinski definition) is 2. The van der Waals surface area contributed by atoms with Gasteiger partial charge in [0.25, 0.3) is 5.91 Å². The number of nitrogen functional groups attached to an aromatic ring is 1. The molecule has 3 nitrogen and oxygen atoms in total. The molecule has 1 heterocycles. The first kappa shape index (κ1) is 13.4. The minimum Gasteiger partial charge on any atom is -0.397 e. The van der Waals surface area contributed by atoms with Crippen molar-refractivity contribution in [1.29, 1.82) is 0 Å². The Morgan fingerprint density at radius 3 is 2.75 bits per heavy atom. The molecule has 0 radical (unpaired) electrons. The summed E-state index contributed by atoms with van der Waals surface area (Å²) >= 11 is 1.25. The molecule has 20 heavy (non-hydrogen) atoms. The van der Waals surface area contributed by atoms with E-state index in [1.807, 2.05) is 0 Å². The number of halogens is 1. The van der Waals surface area contributed by atoms with Crippen LogP contribution in [0.4, 0.5) is 10.1 Å². The number of carbonyl (C=O) groups is 1. The van der Waals surface area contributed by atoms with Gasteiger partial charge in [-0.05, 0) is 31.9 Å². The first-order valence-corrected chi connectivity index (χ1v) is 7.61. The summed E-state index contributed by atoms with van der Waals surface area (Å²) in [6, 6.07) is 4.78. The first-order chi connectivity index (χ1) is 9.50. The predicted octanol–water partition coefficient (Wildman–Crippen LogP) is 3.69. The molecule has 0 atom stereocenters. The van der Waals surface area contributed by atoms with E-state index in [0.717, 1.165) is 25.7 Å². The lowest BCUT2D eigenvalue weighted by atomic mass is 10.0. The molecule has 0 unspecified atom stereocenters. The summed E-state index contributed by atoms with van der Waals surface area (Å²) in [5, 5.41) is 3.42. The number of anilines is 1. The number of fused-ring (bicyclic) bond motifs is 1. The first-order valence-electron chi connectivity index (χ1n) is 6.79. The summed E-state index contributed by atoms with van der Waals surface area (Å²) in [6.07, 6.45) is 4.23. The highest BCUT2D eigenvalue weighted by atomic mass is 32.1. The van der Waals surface area contributed by atoms with Crippen LogP contribution in [-0.4, -0.2) is 11.4 Å². The van der Waals surface area contributed by atoms with Gasteiger partial charge in [0.15, 0.2) is 0 Å². The van der Waals surface area contributed by atoms with Gasteiger partial charge in [-0.2, -0.15) is 0 Å². The van der Waals surface area contributed by atoms with Gasteiger partial charge in [0.05, 0.1) is 11.1 Å². The van der Waals surface area contributed by atoms with Crippen LogP contribution in [0.5, 0.6) is 0 Å². The summed E-state index contributed by atoms with van der Waals surface area (Å²) in [6.45, 7) is 2.06. The second-order valence-electron chi connectivity index (χ2n) is 5.68. The van der Waals surface area contributed by atoms with E-state index in [2.05, 4.69) is 12.2 Å². The van der Waals surface area contributed by atoms with E-state index in [9.17, 15) is 9.18 Å². The fraction of sp³-hybridized carbons (Fsp3) is 0.400. The van der Waals surface area contributed by atoms with Gasteiger partial charge in [-0.3, -0.25) is 4.79 Å². The number of carbonyl (C=O) groups excluding carboxylic acids is 1. The summed E-state index contributed by atoms with van der Waals surface area (Å²) in [5.74, 6) is -0.560. The van der Waals surface area contributed by atoms with Gasteiger partial charge >= 0.3 is 0 Å². The molecular weight excluding hydrogens is 275 g/mol. The number of nitrogens with one attached hydrogen (secondary N) is 1. The van der Waals surface area contributed by atoms with E-state index in [1.54, 1.807) is 12.1 Å². The van der Waals surface area contributed by atoms with Crippen LogP contribution in [0.2, 0.25) is 0 Å². The van der Waals surface area contributed by atoms with Crippen molar-refractivity contribution in [1.82, 2.24) is 5.32 Å². The quantitative estimate of drug-likeness (QED) is 0.887. The topological polar surface area (TPSA) is 55.1 Å². The van der Waals surface area contributed by atoms with Crippen molar-refractivity contribution in [3.8, 4) is 0 Å². The van der Waals surface area contributed by atoms with Crippen molar-refractivity contribution >= 4 is 33.0 Å². The third kappa shape index (κ3) is 2.16. The molecule has 1 aliphatic rings. The smallest absolute Gasteiger partial charge is 0.263 e. The highest BCUT2D eigenvalue weighted by Crippen LogP contribution is 2.36. The van der Waals surface area contributed by atoms with Crippen LogP contribution in [0, 0.1) is 5.82 Å². The molecule has 3 rings (SSSR count). The minimum atomic E-state index is -0.373. The molecule has 0 spiro atoms. The zero-order valence-electron chi connectivity index (χ0n) is 11.3.